The number of allylic oxidation sites excluding steroid dienone is 1. The number of nitrogens with zero attached hydrogens (tertiary/aromatic N) is 1. The zero-order chi connectivity index (χ0) is 17.2. The molecule has 4 heteroatoms. The molecular weight excluding hydrogens is 290 g/mol. The number of carbonyl (C=O) groups excluding carboxylic acids is 2. The number of ketones is 1. The standard InChI is InChI=1S/C19H27NO3/c1-6-14-15(17(21)7-2)12-20-13(9-8-10-16(14)20)11-18(22)23-19(3,4)5/h8,10,12-13H,6-7,9,11H2,1-5H3/t13-/m0/s1. The summed E-state index contributed by atoms with van der Waals surface area (Å²) >= 11 is 0. The minimum absolute atomic E-state index is 0.0218. The van der Waals surface area contributed by atoms with E-state index in [0.29, 0.717) is 12.8 Å². The first-order chi connectivity index (χ1) is 10.8. The van der Waals surface area contributed by atoms with E-state index in [2.05, 4.69) is 23.6 Å². The molecule has 0 aliphatic carbocycles. The number of carbonyl (C=O) groups is 2. The van der Waals surface area contributed by atoms with Crippen LogP contribution in [0.2, 0.25) is 0 Å². The second-order valence-electron chi connectivity index (χ2n) is 7.03. The molecule has 1 aliphatic heterocycles. The summed E-state index contributed by atoms with van der Waals surface area (Å²) in [5.74, 6) is -0.0352. The number of Topliss-reactive ketones (excluding diaryl/α,β-unsaturated/α-hetero) is 1. The van der Waals surface area contributed by atoms with Gasteiger partial charge in [-0.25, -0.2) is 0 Å². The summed E-state index contributed by atoms with van der Waals surface area (Å²) in [4.78, 5) is 24.4. The van der Waals surface area contributed by atoms with Gasteiger partial charge in [0.05, 0.1) is 6.42 Å². The van der Waals surface area contributed by atoms with Crippen molar-refractivity contribution >= 4 is 17.8 Å². The van der Waals surface area contributed by atoms with Crippen LogP contribution in [0.15, 0.2) is 12.3 Å². The Morgan fingerprint density at radius 1 is 1.30 bits per heavy atom. The lowest BCUT2D eigenvalue weighted by atomic mass is 10.0. The second kappa shape index (κ2) is 6.73. The molecule has 0 unspecified atom stereocenters. The molecule has 0 radical (unpaired) electrons. The van der Waals surface area contributed by atoms with Crippen molar-refractivity contribution in [2.75, 3.05) is 0 Å². The molecule has 1 aromatic heterocycles. The SMILES string of the molecule is CCC(=O)c1cn2c(c1CC)C=CC[C@H]2CC(=O)OC(C)(C)C. The quantitative estimate of drug-likeness (QED) is 0.600. The molecule has 4 nitrogen and oxygen atoms in total. The van der Waals surface area contributed by atoms with Crippen molar-refractivity contribution in [2.45, 2.75) is 71.9 Å². The zero-order valence-corrected chi connectivity index (χ0v) is 14.8. The summed E-state index contributed by atoms with van der Waals surface area (Å²) < 4.78 is 7.53. The Balaban J connectivity index is 2.29. The number of hydrogen-bond donors (Lipinski definition) is 0. The van der Waals surface area contributed by atoms with Crippen LogP contribution in [0.5, 0.6) is 0 Å². The number of fused-ring (bicyclic) bond motifs is 1. The van der Waals surface area contributed by atoms with Crippen LogP contribution in [0.25, 0.3) is 6.08 Å². The summed E-state index contributed by atoms with van der Waals surface area (Å²) in [5.41, 5.74) is 2.47. The maximum Gasteiger partial charge on any atom is 0.308 e. The fourth-order valence-corrected chi connectivity index (χ4v) is 3.08. The van der Waals surface area contributed by atoms with Gasteiger partial charge in [0, 0.05) is 29.9 Å². The Labute approximate surface area is 138 Å². The first-order valence-electron chi connectivity index (χ1n) is 8.42. The average Bonchev–Trinajstić information content (AvgIpc) is 2.84. The topological polar surface area (TPSA) is 48.3 Å². The lowest BCUT2D eigenvalue weighted by molar-refractivity contribution is -0.155. The third-order valence-corrected chi connectivity index (χ3v) is 4.06. The Morgan fingerprint density at radius 3 is 2.57 bits per heavy atom. The van der Waals surface area contributed by atoms with Crippen molar-refractivity contribution in [1.82, 2.24) is 4.57 Å². The predicted molar refractivity (Wildman–Crippen MR) is 91.6 cm³/mol. The van der Waals surface area contributed by atoms with Gasteiger partial charge in [0.15, 0.2) is 5.78 Å². The Kier molecular flexibility index (Phi) is 5.12. The maximum absolute atomic E-state index is 12.2. The van der Waals surface area contributed by atoms with Gasteiger partial charge in [0.1, 0.15) is 5.60 Å². The van der Waals surface area contributed by atoms with Crippen LogP contribution in [0, 0.1) is 0 Å². The van der Waals surface area contributed by atoms with E-state index in [0.717, 1.165) is 29.7 Å². The number of aromatic nitrogens is 1. The Hall–Kier alpha value is -1.84. The number of hydrogen-bond acceptors (Lipinski definition) is 3. The lowest BCUT2D eigenvalue weighted by Crippen LogP contribution is -2.26. The number of rotatable bonds is 5. The van der Waals surface area contributed by atoms with Gasteiger partial charge >= 0.3 is 5.97 Å². The number of ether oxygens (including phenoxy) is 1. The van der Waals surface area contributed by atoms with Crippen molar-refractivity contribution in [3.05, 3.63) is 29.1 Å². The highest BCUT2D eigenvalue weighted by Crippen LogP contribution is 2.32. The summed E-state index contributed by atoms with van der Waals surface area (Å²) in [5, 5.41) is 0. The maximum atomic E-state index is 12.2. The van der Waals surface area contributed by atoms with E-state index in [1.54, 1.807) is 0 Å². The lowest BCUT2D eigenvalue weighted by Gasteiger charge is -2.25. The fourth-order valence-electron chi connectivity index (χ4n) is 3.08. The van der Waals surface area contributed by atoms with E-state index in [-0.39, 0.29) is 17.8 Å². The molecule has 1 aromatic rings. The third kappa shape index (κ3) is 3.92. The van der Waals surface area contributed by atoms with Crippen LogP contribution >= 0.6 is 0 Å². The van der Waals surface area contributed by atoms with E-state index in [9.17, 15) is 9.59 Å². The molecule has 0 bridgehead atoms. The van der Waals surface area contributed by atoms with E-state index in [4.69, 9.17) is 4.74 Å². The first kappa shape index (κ1) is 17.5. The molecule has 0 saturated carbocycles. The minimum Gasteiger partial charge on any atom is -0.460 e. The van der Waals surface area contributed by atoms with Crippen LogP contribution in [0.4, 0.5) is 0 Å². The molecular formula is C19H27NO3. The van der Waals surface area contributed by atoms with Gasteiger partial charge in [-0.05, 0) is 45.3 Å². The van der Waals surface area contributed by atoms with Crippen LogP contribution in [0.1, 0.15) is 81.5 Å². The summed E-state index contributed by atoms with van der Waals surface area (Å²) in [6.45, 7) is 9.57. The highest BCUT2D eigenvalue weighted by atomic mass is 16.6. The third-order valence-electron chi connectivity index (χ3n) is 4.06. The number of esters is 1. The largest absolute Gasteiger partial charge is 0.460 e. The van der Waals surface area contributed by atoms with Crippen molar-refractivity contribution in [3.63, 3.8) is 0 Å². The van der Waals surface area contributed by atoms with Gasteiger partial charge in [-0.1, -0.05) is 19.9 Å². The molecule has 2 rings (SSSR count). The zero-order valence-electron chi connectivity index (χ0n) is 14.8. The van der Waals surface area contributed by atoms with Crippen molar-refractivity contribution in [3.8, 4) is 0 Å². The van der Waals surface area contributed by atoms with Crippen molar-refractivity contribution < 1.29 is 14.3 Å². The molecule has 126 valence electrons. The average molecular weight is 317 g/mol. The molecule has 0 spiro atoms. The summed E-state index contributed by atoms with van der Waals surface area (Å²) in [7, 11) is 0. The molecule has 0 N–H and O–H groups in total. The first-order valence-corrected chi connectivity index (χ1v) is 8.42. The van der Waals surface area contributed by atoms with Gasteiger partial charge in [-0.15, -0.1) is 0 Å². The summed E-state index contributed by atoms with van der Waals surface area (Å²) in [6, 6.07) is 0.0218. The van der Waals surface area contributed by atoms with Gasteiger partial charge in [0.25, 0.3) is 0 Å². The molecule has 1 atom stereocenters. The van der Waals surface area contributed by atoms with Crippen LogP contribution in [0.3, 0.4) is 0 Å². The molecule has 2 heterocycles. The van der Waals surface area contributed by atoms with Gasteiger partial charge in [0.2, 0.25) is 0 Å². The summed E-state index contributed by atoms with van der Waals surface area (Å²) in [6.07, 6.45) is 8.50. The van der Waals surface area contributed by atoms with Crippen LogP contribution in [-0.4, -0.2) is 21.9 Å². The molecule has 23 heavy (non-hydrogen) atoms. The van der Waals surface area contributed by atoms with E-state index in [1.807, 2.05) is 33.9 Å². The van der Waals surface area contributed by atoms with Crippen molar-refractivity contribution in [1.29, 1.82) is 0 Å². The highest BCUT2D eigenvalue weighted by Gasteiger charge is 2.27. The minimum atomic E-state index is -0.473. The van der Waals surface area contributed by atoms with Crippen LogP contribution in [-0.2, 0) is 16.0 Å². The van der Waals surface area contributed by atoms with E-state index < -0.39 is 5.60 Å². The fraction of sp³-hybridized carbons (Fsp3) is 0.579. The normalized spacial score (nSPS) is 17.0. The predicted octanol–water partition coefficient (Wildman–Crippen LogP) is 4.33. The molecule has 0 amide bonds. The second-order valence-corrected chi connectivity index (χ2v) is 7.03. The Bertz CT molecular complexity index is 632. The van der Waals surface area contributed by atoms with Gasteiger partial charge in [-0.3, -0.25) is 9.59 Å². The molecule has 0 fully saturated rings. The van der Waals surface area contributed by atoms with Gasteiger partial charge in [-0.2, -0.15) is 0 Å². The monoisotopic (exact) mass is 317 g/mol. The van der Waals surface area contributed by atoms with Gasteiger partial charge < -0.3 is 9.30 Å². The molecule has 0 aromatic carbocycles. The molecule has 1 aliphatic rings. The Morgan fingerprint density at radius 2 is 2.00 bits per heavy atom. The van der Waals surface area contributed by atoms with Crippen LogP contribution < -0.4 is 0 Å². The van der Waals surface area contributed by atoms with Crippen molar-refractivity contribution in [2.24, 2.45) is 0 Å². The molecule has 0 saturated heterocycles. The van der Waals surface area contributed by atoms with E-state index in [1.165, 1.54) is 0 Å². The van der Waals surface area contributed by atoms with E-state index >= 15 is 0 Å². The smallest absolute Gasteiger partial charge is 0.308 e. The highest BCUT2D eigenvalue weighted by molar-refractivity contribution is 5.98.